The van der Waals surface area contributed by atoms with E-state index in [0.717, 1.165) is 22.8 Å². The number of primary amides is 1. The van der Waals surface area contributed by atoms with E-state index in [2.05, 4.69) is 23.2 Å². The standard InChI is InChI=1S/C26H27N3O4S/c1-3-7-18-9-5-11-20(13-18)17-28-23-16-24(30)22(26(27)31)15-25(23)34(32,33)29-21-12-6-10-19(14-21)8-4-2/h3-6,9-16,28-30H,1-2,7-8,17H2,(H2,27,31). The van der Waals surface area contributed by atoms with Crippen LogP contribution < -0.4 is 15.8 Å². The average Bonchev–Trinajstić information content (AvgIpc) is 2.78. The van der Waals surface area contributed by atoms with Crippen LogP contribution in [0.5, 0.6) is 5.75 Å². The molecule has 176 valence electrons. The van der Waals surface area contributed by atoms with E-state index in [9.17, 15) is 18.3 Å². The Labute approximate surface area is 199 Å². The monoisotopic (exact) mass is 477 g/mol. The number of nitrogens with two attached hydrogens (primary N) is 1. The number of hydrogen-bond acceptors (Lipinski definition) is 5. The molecule has 0 heterocycles. The molecule has 3 rings (SSSR count). The zero-order chi connectivity index (χ0) is 24.7. The Morgan fingerprint density at radius 2 is 1.56 bits per heavy atom. The summed E-state index contributed by atoms with van der Waals surface area (Å²) in [7, 11) is -4.14. The van der Waals surface area contributed by atoms with Gasteiger partial charge in [0, 0.05) is 18.3 Å². The van der Waals surface area contributed by atoms with Crippen molar-refractivity contribution in [3.05, 3.63) is 108 Å². The number of aromatic hydroxyl groups is 1. The van der Waals surface area contributed by atoms with Crippen molar-refractivity contribution >= 4 is 27.3 Å². The molecule has 5 N–H and O–H groups in total. The summed E-state index contributed by atoms with van der Waals surface area (Å²) < 4.78 is 29.2. The van der Waals surface area contributed by atoms with E-state index in [1.54, 1.807) is 30.4 Å². The van der Waals surface area contributed by atoms with Crippen LogP contribution in [0.4, 0.5) is 11.4 Å². The SMILES string of the molecule is C=CCc1cccc(CNc2cc(O)c(C(N)=O)cc2S(=O)(=O)Nc2cccc(CC=C)c2)c1. The molecule has 0 unspecified atom stereocenters. The number of anilines is 2. The van der Waals surface area contributed by atoms with Crippen molar-refractivity contribution in [1.82, 2.24) is 0 Å². The minimum absolute atomic E-state index is 0.131. The largest absolute Gasteiger partial charge is 0.507 e. The second kappa shape index (κ2) is 10.7. The quantitative estimate of drug-likeness (QED) is 0.306. The fourth-order valence-corrected chi connectivity index (χ4v) is 4.74. The first kappa shape index (κ1) is 24.6. The number of carbonyl (C=O) groups excluding carboxylic acids is 1. The van der Waals surface area contributed by atoms with Crippen LogP contribution in [-0.2, 0) is 29.4 Å². The summed E-state index contributed by atoms with van der Waals surface area (Å²) >= 11 is 0. The topological polar surface area (TPSA) is 122 Å². The molecule has 7 nitrogen and oxygen atoms in total. The third kappa shape index (κ3) is 6.05. The molecule has 3 aromatic rings. The van der Waals surface area contributed by atoms with Gasteiger partial charge in [-0.2, -0.15) is 0 Å². The van der Waals surface area contributed by atoms with Gasteiger partial charge in [-0.1, -0.05) is 48.6 Å². The number of allylic oxidation sites excluding steroid dienone is 2. The van der Waals surface area contributed by atoms with E-state index in [1.165, 1.54) is 6.07 Å². The summed E-state index contributed by atoms with van der Waals surface area (Å²) in [6.07, 6.45) is 4.81. The van der Waals surface area contributed by atoms with Gasteiger partial charge >= 0.3 is 0 Å². The number of rotatable bonds is 11. The van der Waals surface area contributed by atoms with Crippen molar-refractivity contribution in [2.45, 2.75) is 24.3 Å². The molecule has 0 atom stereocenters. The van der Waals surface area contributed by atoms with Gasteiger partial charge in [-0.15, -0.1) is 13.2 Å². The first-order valence-corrected chi connectivity index (χ1v) is 12.0. The molecule has 34 heavy (non-hydrogen) atoms. The summed E-state index contributed by atoms with van der Waals surface area (Å²) in [5, 5.41) is 13.3. The fourth-order valence-electron chi connectivity index (χ4n) is 3.50. The first-order chi connectivity index (χ1) is 16.2. The zero-order valence-electron chi connectivity index (χ0n) is 18.6. The molecule has 0 bridgehead atoms. The molecule has 0 radical (unpaired) electrons. The van der Waals surface area contributed by atoms with Gasteiger partial charge in [-0.3, -0.25) is 9.52 Å². The third-order valence-corrected chi connectivity index (χ3v) is 6.49. The molecular formula is C26H27N3O4S. The second-order valence-corrected chi connectivity index (χ2v) is 9.35. The third-order valence-electron chi connectivity index (χ3n) is 5.07. The highest BCUT2D eigenvalue weighted by Gasteiger charge is 2.23. The van der Waals surface area contributed by atoms with Crippen LogP contribution in [0, 0.1) is 0 Å². The molecule has 0 saturated carbocycles. The van der Waals surface area contributed by atoms with Crippen LogP contribution in [0.2, 0.25) is 0 Å². The van der Waals surface area contributed by atoms with E-state index in [0.29, 0.717) is 18.5 Å². The van der Waals surface area contributed by atoms with Crippen LogP contribution in [0.1, 0.15) is 27.0 Å². The number of benzene rings is 3. The lowest BCUT2D eigenvalue weighted by Gasteiger charge is -2.16. The number of nitrogens with one attached hydrogen (secondary N) is 2. The lowest BCUT2D eigenvalue weighted by Crippen LogP contribution is -2.18. The van der Waals surface area contributed by atoms with E-state index in [4.69, 9.17) is 5.73 Å². The Balaban J connectivity index is 1.97. The lowest BCUT2D eigenvalue weighted by atomic mass is 10.1. The molecule has 0 saturated heterocycles. The predicted molar refractivity (Wildman–Crippen MR) is 135 cm³/mol. The van der Waals surface area contributed by atoms with Gasteiger partial charge < -0.3 is 16.2 Å². The second-order valence-electron chi connectivity index (χ2n) is 7.69. The highest BCUT2D eigenvalue weighted by molar-refractivity contribution is 7.92. The maximum absolute atomic E-state index is 13.3. The molecule has 0 spiro atoms. The predicted octanol–water partition coefficient (Wildman–Crippen LogP) is 4.36. The molecule has 0 aliphatic heterocycles. The Bertz CT molecular complexity index is 1330. The number of carbonyl (C=O) groups is 1. The molecule has 0 fully saturated rings. The molecule has 8 heteroatoms. The van der Waals surface area contributed by atoms with Crippen molar-refractivity contribution in [2.24, 2.45) is 5.73 Å². The maximum atomic E-state index is 13.3. The van der Waals surface area contributed by atoms with Crippen molar-refractivity contribution in [1.29, 1.82) is 0 Å². The Morgan fingerprint density at radius 1 is 0.941 bits per heavy atom. The number of amides is 1. The smallest absolute Gasteiger partial charge is 0.263 e. The van der Waals surface area contributed by atoms with Crippen molar-refractivity contribution < 1.29 is 18.3 Å². The molecule has 0 aromatic heterocycles. The van der Waals surface area contributed by atoms with E-state index < -0.39 is 21.7 Å². The van der Waals surface area contributed by atoms with Crippen molar-refractivity contribution in [3.8, 4) is 5.75 Å². The number of phenols is 1. The number of hydrogen-bond donors (Lipinski definition) is 4. The minimum Gasteiger partial charge on any atom is -0.507 e. The highest BCUT2D eigenvalue weighted by Crippen LogP contribution is 2.31. The van der Waals surface area contributed by atoms with E-state index in [-0.39, 0.29) is 22.7 Å². The van der Waals surface area contributed by atoms with Gasteiger partial charge in [0.1, 0.15) is 10.6 Å². The average molecular weight is 478 g/mol. The van der Waals surface area contributed by atoms with Crippen LogP contribution in [0.15, 0.2) is 90.9 Å². The summed E-state index contributed by atoms with van der Waals surface area (Å²) in [5.41, 5.74) is 8.40. The highest BCUT2D eigenvalue weighted by atomic mass is 32.2. The normalized spacial score (nSPS) is 10.9. The maximum Gasteiger partial charge on any atom is 0.263 e. The van der Waals surface area contributed by atoms with Gasteiger partial charge in [0.2, 0.25) is 0 Å². The van der Waals surface area contributed by atoms with Crippen LogP contribution >= 0.6 is 0 Å². The van der Waals surface area contributed by atoms with Crippen LogP contribution in [0.25, 0.3) is 0 Å². The van der Waals surface area contributed by atoms with Crippen LogP contribution in [0.3, 0.4) is 0 Å². The zero-order valence-corrected chi connectivity index (χ0v) is 19.4. The van der Waals surface area contributed by atoms with Gasteiger partial charge in [0.05, 0.1) is 11.3 Å². The molecule has 0 aliphatic rings. The Hall–Kier alpha value is -4.04. The van der Waals surface area contributed by atoms with E-state index in [1.807, 2.05) is 30.3 Å². The molecule has 0 aliphatic carbocycles. The summed E-state index contributed by atoms with van der Waals surface area (Å²) in [4.78, 5) is 11.6. The van der Waals surface area contributed by atoms with Gasteiger partial charge in [0.15, 0.2) is 0 Å². The molecular weight excluding hydrogens is 450 g/mol. The van der Waals surface area contributed by atoms with Crippen molar-refractivity contribution in [2.75, 3.05) is 10.0 Å². The minimum atomic E-state index is -4.14. The van der Waals surface area contributed by atoms with E-state index >= 15 is 0 Å². The molecule has 1 amide bonds. The first-order valence-electron chi connectivity index (χ1n) is 10.6. The van der Waals surface area contributed by atoms with Crippen molar-refractivity contribution in [3.63, 3.8) is 0 Å². The van der Waals surface area contributed by atoms with Gasteiger partial charge in [-0.05, 0) is 47.7 Å². The molecule has 3 aromatic carbocycles. The number of sulfonamides is 1. The summed E-state index contributed by atoms with van der Waals surface area (Å²) in [5.74, 6) is -1.35. The Kier molecular flexibility index (Phi) is 7.75. The summed E-state index contributed by atoms with van der Waals surface area (Å²) in [6, 6.07) is 16.9. The van der Waals surface area contributed by atoms with Gasteiger partial charge in [0.25, 0.3) is 15.9 Å². The summed E-state index contributed by atoms with van der Waals surface area (Å²) in [6.45, 7) is 7.73. The lowest BCUT2D eigenvalue weighted by molar-refractivity contribution is 0.0997. The fraction of sp³-hybridized carbons (Fsp3) is 0.115. The van der Waals surface area contributed by atoms with Crippen LogP contribution in [-0.4, -0.2) is 19.4 Å². The van der Waals surface area contributed by atoms with Gasteiger partial charge in [-0.25, -0.2) is 8.42 Å². The Morgan fingerprint density at radius 3 is 2.21 bits per heavy atom.